The zero-order valence-corrected chi connectivity index (χ0v) is 16.7. The molecule has 1 heterocycles. The number of benzene rings is 1. The van der Waals surface area contributed by atoms with Crippen molar-refractivity contribution in [2.75, 3.05) is 19.5 Å². The Morgan fingerprint density at radius 2 is 1.88 bits per heavy atom. The number of carbonyl (C=O) groups is 2. The monoisotopic (exact) mass is 381 g/mol. The molecule has 0 saturated heterocycles. The van der Waals surface area contributed by atoms with Crippen LogP contribution in [0.2, 0.25) is 0 Å². The van der Waals surface area contributed by atoms with Gasteiger partial charge in [0.05, 0.1) is 5.04 Å². The van der Waals surface area contributed by atoms with Crippen LogP contribution in [0, 0.1) is 0 Å². The number of nitrogens with zero attached hydrogens (tertiary/aromatic N) is 1. The second-order valence-electron chi connectivity index (χ2n) is 5.74. The summed E-state index contributed by atoms with van der Waals surface area (Å²) in [6, 6.07) is 6.99. The van der Waals surface area contributed by atoms with E-state index in [-0.39, 0.29) is 10.9 Å². The minimum absolute atomic E-state index is 0.0254. The van der Waals surface area contributed by atoms with Gasteiger partial charge in [-0.15, -0.1) is 11.8 Å². The van der Waals surface area contributed by atoms with Crippen LogP contribution in [0.4, 0.5) is 0 Å². The first-order valence-corrected chi connectivity index (χ1v) is 11.0. The summed E-state index contributed by atoms with van der Waals surface area (Å²) in [5.41, 5.74) is 1.67. The van der Waals surface area contributed by atoms with Crippen LogP contribution in [0.15, 0.2) is 29.3 Å². The molecule has 2 unspecified atom stereocenters. The maximum absolute atomic E-state index is 12.1. The van der Waals surface area contributed by atoms with E-state index in [0.29, 0.717) is 11.3 Å². The normalized spacial score (nSPS) is 21.6. The van der Waals surface area contributed by atoms with E-state index in [9.17, 15) is 9.59 Å². The van der Waals surface area contributed by atoms with Gasteiger partial charge in [-0.05, 0) is 25.1 Å². The van der Waals surface area contributed by atoms with E-state index in [1.807, 2.05) is 38.1 Å². The molecule has 25 heavy (non-hydrogen) atoms. The van der Waals surface area contributed by atoms with Crippen molar-refractivity contribution in [2.45, 2.75) is 38.1 Å². The number of carboxylic acid groups (broad SMARTS) is 1. The van der Waals surface area contributed by atoms with E-state index < -0.39 is 20.2 Å². The van der Waals surface area contributed by atoms with Gasteiger partial charge in [0.2, 0.25) is 5.52 Å². The number of hydrogen-bond donors (Lipinski definition) is 1. The number of aliphatic imine (C=N–C) groups is 1. The molecule has 0 aromatic heterocycles. The highest BCUT2D eigenvalue weighted by Crippen LogP contribution is 2.53. The van der Waals surface area contributed by atoms with Crippen LogP contribution < -0.4 is 0 Å². The molecule has 1 saturated carbocycles. The number of carboxylic acids is 1. The second kappa shape index (κ2) is 8.43. The van der Waals surface area contributed by atoms with Crippen molar-refractivity contribution < 1.29 is 19.2 Å². The van der Waals surface area contributed by atoms with E-state index in [1.165, 1.54) is 0 Å². The first-order chi connectivity index (χ1) is 12.0. The lowest BCUT2D eigenvalue weighted by molar-refractivity contribution is -0.137. The lowest BCUT2D eigenvalue weighted by Gasteiger charge is -2.16. The quantitative estimate of drug-likeness (QED) is 0.749. The van der Waals surface area contributed by atoms with Gasteiger partial charge >= 0.3 is 5.97 Å². The van der Waals surface area contributed by atoms with Gasteiger partial charge in [-0.1, -0.05) is 38.1 Å². The molecular formula is C18H24NO4PS. The summed E-state index contributed by atoms with van der Waals surface area (Å²) in [5.74, 6) is -0.350. The molecular weight excluding hydrogens is 357 g/mol. The first kappa shape index (κ1) is 20.1. The van der Waals surface area contributed by atoms with Gasteiger partial charge in [-0.2, -0.15) is 0 Å². The molecule has 0 amide bonds. The van der Waals surface area contributed by atoms with Crippen molar-refractivity contribution in [2.24, 2.45) is 4.99 Å². The fraction of sp³-hybridized carbons (Fsp3) is 0.500. The molecule has 5 nitrogen and oxygen atoms in total. The van der Waals surface area contributed by atoms with Crippen LogP contribution in [-0.2, 0) is 14.7 Å². The lowest BCUT2D eigenvalue weighted by Crippen LogP contribution is -2.18. The molecule has 136 valence electrons. The van der Waals surface area contributed by atoms with Gasteiger partial charge in [0.1, 0.15) is 8.15 Å². The maximum Gasteiger partial charge on any atom is 0.329 e. The molecule has 7 heteroatoms. The van der Waals surface area contributed by atoms with Crippen LogP contribution in [0.1, 0.15) is 42.6 Å². The van der Waals surface area contributed by atoms with Crippen molar-refractivity contribution in [3.8, 4) is 0 Å². The highest BCUT2D eigenvalue weighted by atomic mass is 32.2. The second-order valence-corrected chi connectivity index (χ2v) is 8.52. The Bertz CT molecular complexity index is 670. The zero-order valence-electron chi connectivity index (χ0n) is 15.0. The van der Waals surface area contributed by atoms with Crippen molar-refractivity contribution in [1.82, 2.24) is 0 Å². The summed E-state index contributed by atoms with van der Waals surface area (Å²) in [6.07, 6.45) is 1.97. The van der Waals surface area contributed by atoms with Crippen LogP contribution in [-0.4, -0.2) is 47.2 Å². The molecule has 0 spiro atoms. The summed E-state index contributed by atoms with van der Waals surface area (Å²) < 4.78 is 5.13. The Hall–Kier alpha value is -1.23. The largest absolute Gasteiger partial charge is 0.480 e. The summed E-state index contributed by atoms with van der Waals surface area (Å²) in [4.78, 5) is 27.6. The highest BCUT2D eigenvalue weighted by Gasteiger charge is 2.51. The third-order valence-corrected chi connectivity index (χ3v) is 6.97. The maximum atomic E-state index is 12.1. The van der Waals surface area contributed by atoms with Gasteiger partial charge in [-0.3, -0.25) is 9.79 Å². The molecule has 0 bridgehead atoms. The van der Waals surface area contributed by atoms with E-state index in [2.05, 4.69) is 4.99 Å². The summed E-state index contributed by atoms with van der Waals surface area (Å²) in [7, 11) is 0.455. The predicted molar refractivity (Wildman–Crippen MR) is 104 cm³/mol. The average Bonchev–Trinajstić information content (AvgIpc) is 3.30. The smallest absolute Gasteiger partial charge is 0.329 e. The molecule has 2 atom stereocenters. The van der Waals surface area contributed by atoms with E-state index in [0.717, 1.165) is 23.4 Å². The van der Waals surface area contributed by atoms with Crippen molar-refractivity contribution in [3.05, 3.63) is 35.4 Å². The summed E-state index contributed by atoms with van der Waals surface area (Å²) in [6.45, 7) is 5.80. The minimum atomic E-state index is -1.09. The SMILES string of the molecule is CC.COP(C)C(=O)c1ccc(C2(C3=NC(C(=O)O)CS3)CC2)cc1. The van der Waals surface area contributed by atoms with Crippen molar-refractivity contribution in [1.29, 1.82) is 0 Å². The zero-order chi connectivity index (χ0) is 18.6. The third-order valence-electron chi connectivity index (χ3n) is 4.34. The molecule has 1 aromatic carbocycles. The third kappa shape index (κ3) is 4.13. The van der Waals surface area contributed by atoms with Crippen LogP contribution in [0.3, 0.4) is 0 Å². The molecule has 1 aliphatic carbocycles. The van der Waals surface area contributed by atoms with E-state index in [4.69, 9.17) is 9.63 Å². The Kier molecular flexibility index (Phi) is 6.78. The first-order valence-electron chi connectivity index (χ1n) is 8.34. The van der Waals surface area contributed by atoms with Gasteiger partial charge in [0.15, 0.2) is 6.04 Å². The predicted octanol–water partition coefficient (Wildman–Crippen LogP) is 4.16. The topological polar surface area (TPSA) is 76.0 Å². The fourth-order valence-electron chi connectivity index (χ4n) is 2.71. The van der Waals surface area contributed by atoms with Crippen LogP contribution in [0.25, 0.3) is 0 Å². The van der Waals surface area contributed by atoms with Crippen LogP contribution in [0.5, 0.6) is 0 Å². The molecule has 1 N–H and O–H groups in total. The summed E-state index contributed by atoms with van der Waals surface area (Å²) >= 11 is 1.55. The molecule has 3 rings (SSSR count). The number of rotatable bonds is 6. The Balaban J connectivity index is 0.00000109. The van der Waals surface area contributed by atoms with Gasteiger partial charge < -0.3 is 9.63 Å². The number of hydrogen-bond acceptors (Lipinski definition) is 5. The van der Waals surface area contributed by atoms with Crippen molar-refractivity contribution >= 4 is 36.4 Å². The Morgan fingerprint density at radius 1 is 1.28 bits per heavy atom. The van der Waals surface area contributed by atoms with Gasteiger partial charge in [0, 0.05) is 23.8 Å². The van der Waals surface area contributed by atoms with Gasteiger partial charge in [0.25, 0.3) is 0 Å². The molecule has 1 aliphatic heterocycles. The van der Waals surface area contributed by atoms with Crippen molar-refractivity contribution in [3.63, 3.8) is 0 Å². The fourth-order valence-corrected chi connectivity index (χ4v) is 4.72. The Morgan fingerprint density at radius 3 is 2.32 bits per heavy atom. The number of carbonyl (C=O) groups excluding carboxylic acids is 1. The molecule has 2 aliphatic rings. The Labute approximate surface area is 154 Å². The minimum Gasteiger partial charge on any atom is -0.480 e. The van der Waals surface area contributed by atoms with E-state index in [1.54, 1.807) is 25.5 Å². The number of thioether (sulfide) groups is 1. The van der Waals surface area contributed by atoms with Crippen LogP contribution >= 0.6 is 19.9 Å². The lowest BCUT2D eigenvalue weighted by atomic mass is 9.96. The average molecular weight is 381 g/mol. The molecule has 1 aromatic rings. The highest BCUT2D eigenvalue weighted by molar-refractivity contribution is 8.14. The number of aliphatic carboxylic acids is 1. The van der Waals surface area contributed by atoms with Gasteiger partial charge in [-0.25, -0.2) is 4.79 Å². The molecule has 1 fully saturated rings. The molecule has 0 radical (unpaired) electrons. The standard InChI is InChI=1S/C16H18NO4PS.C2H6/c1-21-22(2)14(20)10-3-5-11(6-4-10)16(7-8-16)15-17-12(9-23-15)13(18)19;1-2/h3-6,12H,7-9H2,1-2H3,(H,18,19);1-2H3. The summed E-state index contributed by atoms with van der Waals surface area (Å²) in [5, 5.41) is 10.0. The van der Waals surface area contributed by atoms with E-state index >= 15 is 0 Å².